The summed E-state index contributed by atoms with van der Waals surface area (Å²) in [5, 5.41) is 2.84. The number of rotatable bonds is 8. The molecule has 3 aromatic rings. The van der Waals surface area contributed by atoms with Gasteiger partial charge in [0.05, 0.1) is 12.3 Å². The summed E-state index contributed by atoms with van der Waals surface area (Å²) in [4.78, 5) is 16.9. The van der Waals surface area contributed by atoms with E-state index < -0.39 is 0 Å². The number of ether oxygens (including phenoxy) is 2. The summed E-state index contributed by atoms with van der Waals surface area (Å²) in [6.07, 6.45) is 1.80. The highest BCUT2D eigenvalue weighted by atomic mass is 16.5. The Morgan fingerprint density at radius 3 is 2.55 bits per heavy atom. The highest BCUT2D eigenvalue weighted by molar-refractivity contribution is 5.92. The minimum absolute atomic E-state index is 0.107. The molecule has 1 amide bonds. The van der Waals surface area contributed by atoms with Crippen molar-refractivity contribution < 1.29 is 14.3 Å². The van der Waals surface area contributed by atoms with Crippen LogP contribution in [0.15, 0.2) is 65.7 Å². The Morgan fingerprint density at radius 1 is 0.968 bits per heavy atom. The summed E-state index contributed by atoms with van der Waals surface area (Å²) in [5.41, 5.74) is 6.01. The van der Waals surface area contributed by atoms with Crippen LogP contribution >= 0.6 is 0 Å². The van der Waals surface area contributed by atoms with Gasteiger partial charge in [0.25, 0.3) is 5.91 Å². The average molecular weight is 417 g/mol. The Labute approximate surface area is 183 Å². The maximum Gasteiger partial charge on any atom is 0.262 e. The topological polar surface area (TPSA) is 59.9 Å². The van der Waals surface area contributed by atoms with Gasteiger partial charge >= 0.3 is 0 Å². The third kappa shape index (κ3) is 6.19. The van der Waals surface area contributed by atoms with Crippen LogP contribution < -0.4 is 14.8 Å². The number of carbonyl (C=O) groups excluding carboxylic acids is 1. The molecule has 0 heterocycles. The van der Waals surface area contributed by atoms with Crippen LogP contribution in [0.5, 0.6) is 11.5 Å². The Balaban J connectivity index is 1.69. The third-order valence-electron chi connectivity index (χ3n) is 4.86. The Morgan fingerprint density at radius 2 is 1.77 bits per heavy atom. The van der Waals surface area contributed by atoms with Gasteiger partial charge in [0.15, 0.2) is 18.1 Å². The molecule has 3 aromatic carbocycles. The summed E-state index contributed by atoms with van der Waals surface area (Å²) in [7, 11) is 0. The standard InChI is InChI=1S/C26H28N2O3/c1-5-30-25-15-21(16-27-23-11-7-9-19(3)20(23)4)12-13-24(25)31-17-26(29)28-22-10-6-8-18(2)14-22/h6-16H,5,17H2,1-4H3,(H,28,29). The number of anilines is 1. The first-order valence-corrected chi connectivity index (χ1v) is 10.3. The molecule has 0 saturated heterocycles. The second-order valence-electron chi connectivity index (χ2n) is 7.32. The van der Waals surface area contributed by atoms with Crippen LogP contribution in [0.1, 0.15) is 29.2 Å². The second-order valence-corrected chi connectivity index (χ2v) is 7.32. The molecule has 1 N–H and O–H groups in total. The lowest BCUT2D eigenvalue weighted by Crippen LogP contribution is -2.20. The van der Waals surface area contributed by atoms with Gasteiger partial charge in [0.2, 0.25) is 0 Å². The van der Waals surface area contributed by atoms with Gasteiger partial charge in [-0.2, -0.15) is 0 Å². The Bertz CT molecular complexity index is 1090. The molecule has 0 spiro atoms. The molecule has 5 heteroatoms. The van der Waals surface area contributed by atoms with Gasteiger partial charge in [0.1, 0.15) is 0 Å². The first-order valence-electron chi connectivity index (χ1n) is 10.3. The van der Waals surface area contributed by atoms with E-state index in [0.29, 0.717) is 18.1 Å². The van der Waals surface area contributed by atoms with Crippen molar-refractivity contribution in [3.05, 3.63) is 82.9 Å². The number of hydrogen-bond donors (Lipinski definition) is 1. The normalized spacial score (nSPS) is 10.8. The number of nitrogens with zero attached hydrogens (tertiary/aromatic N) is 1. The van der Waals surface area contributed by atoms with Crippen LogP contribution in [0.3, 0.4) is 0 Å². The molecule has 0 radical (unpaired) electrons. The molecule has 0 aliphatic heterocycles. The fourth-order valence-corrected chi connectivity index (χ4v) is 3.08. The third-order valence-corrected chi connectivity index (χ3v) is 4.86. The van der Waals surface area contributed by atoms with E-state index in [1.54, 1.807) is 12.3 Å². The van der Waals surface area contributed by atoms with Crippen LogP contribution in [0.2, 0.25) is 0 Å². The lowest BCUT2D eigenvalue weighted by molar-refractivity contribution is -0.118. The molecule has 31 heavy (non-hydrogen) atoms. The van der Waals surface area contributed by atoms with Crippen molar-refractivity contribution in [3.8, 4) is 11.5 Å². The minimum Gasteiger partial charge on any atom is -0.490 e. The van der Waals surface area contributed by atoms with Crippen molar-refractivity contribution in [1.82, 2.24) is 0 Å². The second kappa shape index (κ2) is 10.4. The monoisotopic (exact) mass is 416 g/mol. The van der Waals surface area contributed by atoms with E-state index in [9.17, 15) is 4.79 Å². The maximum absolute atomic E-state index is 12.3. The van der Waals surface area contributed by atoms with Crippen molar-refractivity contribution in [2.75, 3.05) is 18.5 Å². The number of amides is 1. The van der Waals surface area contributed by atoms with Crippen LogP contribution in [-0.2, 0) is 4.79 Å². The smallest absolute Gasteiger partial charge is 0.262 e. The lowest BCUT2D eigenvalue weighted by Gasteiger charge is -2.13. The SMILES string of the molecule is CCOc1cc(C=Nc2cccc(C)c2C)ccc1OCC(=O)Nc1cccc(C)c1. The molecule has 0 unspecified atom stereocenters. The van der Waals surface area contributed by atoms with E-state index in [1.807, 2.05) is 62.4 Å². The largest absolute Gasteiger partial charge is 0.490 e. The van der Waals surface area contributed by atoms with Crippen molar-refractivity contribution in [2.24, 2.45) is 4.99 Å². The summed E-state index contributed by atoms with van der Waals surface area (Å²) >= 11 is 0. The van der Waals surface area contributed by atoms with Crippen molar-refractivity contribution in [3.63, 3.8) is 0 Å². The molecule has 0 aliphatic rings. The highest BCUT2D eigenvalue weighted by Crippen LogP contribution is 2.29. The van der Waals surface area contributed by atoms with Crippen LogP contribution in [0.25, 0.3) is 0 Å². The van der Waals surface area contributed by atoms with Gasteiger partial charge in [0, 0.05) is 11.9 Å². The first kappa shape index (κ1) is 22.1. The van der Waals surface area contributed by atoms with E-state index >= 15 is 0 Å². The predicted molar refractivity (Wildman–Crippen MR) is 126 cm³/mol. The summed E-state index contributed by atoms with van der Waals surface area (Å²) in [6.45, 7) is 8.40. The Hall–Kier alpha value is -3.60. The fourth-order valence-electron chi connectivity index (χ4n) is 3.08. The predicted octanol–water partition coefficient (Wildman–Crippen LogP) is 5.78. The average Bonchev–Trinajstić information content (AvgIpc) is 2.74. The number of aliphatic imine (C=N–C) groups is 1. The first-order chi connectivity index (χ1) is 15.0. The van der Waals surface area contributed by atoms with Crippen LogP contribution in [-0.4, -0.2) is 25.3 Å². The molecule has 0 saturated carbocycles. The van der Waals surface area contributed by atoms with E-state index in [1.165, 1.54) is 5.56 Å². The quantitative estimate of drug-likeness (QED) is 0.474. The summed E-state index contributed by atoms with van der Waals surface area (Å²) in [5.74, 6) is 0.870. The highest BCUT2D eigenvalue weighted by Gasteiger charge is 2.10. The van der Waals surface area contributed by atoms with Gasteiger partial charge in [-0.1, -0.05) is 24.3 Å². The van der Waals surface area contributed by atoms with E-state index in [4.69, 9.17) is 9.47 Å². The zero-order chi connectivity index (χ0) is 22.2. The molecule has 0 aliphatic carbocycles. The summed E-state index contributed by atoms with van der Waals surface area (Å²) in [6, 6.07) is 19.3. The van der Waals surface area contributed by atoms with Gasteiger partial charge in [-0.3, -0.25) is 9.79 Å². The van der Waals surface area contributed by atoms with Gasteiger partial charge < -0.3 is 14.8 Å². The Kier molecular flexibility index (Phi) is 7.44. The molecular formula is C26H28N2O3. The molecule has 0 aromatic heterocycles. The zero-order valence-electron chi connectivity index (χ0n) is 18.4. The van der Waals surface area contributed by atoms with Gasteiger partial charge in [-0.25, -0.2) is 0 Å². The lowest BCUT2D eigenvalue weighted by atomic mass is 10.1. The van der Waals surface area contributed by atoms with E-state index in [0.717, 1.165) is 28.1 Å². The minimum atomic E-state index is -0.228. The maximum atomic E-state index is 12.3. The number of benzene rings is 3. The van der Waals surface area contributed by atoms with Crippen molar-refractivity contribution in [2.45, 2.75) is 27.7 Å². The van der Waals surface area contributed by atoms with E-state index in [-0.39, 0.29) is 12.5 Å². The zero-order valence-corrected chi connectivity index (χ0v) is 18.4. The molecule has 0 bridgehead atoms. The van der Waals surface area contributed by atoms with Crippen LogP contribution in [0, 0.1) is 20.8 Å². The number of aryl methyl sites for hydroxylation is 2. The number of nitrogens with one attached hydrogen (secondary N) is 1. The molecule has 160 valence electrons. The van der Waals surface area contributed by atoms with Gasteiger partial charge in [-0.15, -0.1) is 0 Å². The summed E-state index contributed by atoms with van der Waals surface area (Å²) < 4.78 is 11.4. The van der Waals surface area contributed by atoms with Gasteiger partial charge in [-0.05, 0) is 86.3 Å². The molecular weight excluding hydrogens is 388 g/mol. The molecule has 0 fully saturated rings. The van der Waals surface area contributed by atoms with Crippen molar-refractivity contribution in [1.29, 1.82) is 0 Å². The fraction of sp³-hybridized carbons (Fsp3) is 0.231. The van der Waals surface area contributed by atoms with Crippen LogP contribution in [0.4, 0.5) is 11.4 Å². The number of carbonyl (C=O) groups is 1. The van der Waals surface area contributed by atoms with E-state index in [2.05, 4.69) is 30.2 Å². The number of hydrogen-bond acceptors (Lipinski definition) is 4. The molecule has 3 rings (SSSR count). The van der Waals surface area contributed by atoms with Crippen molar-refractivity contribution >= 4 is 23.5 Å². The molecule has 0 atom stereocenters. The molecule has 5 nitrogen and oxygen atoms in total.